The summed E-state index contributed by atoms with van der Waals surface area (Å²) in [4.78, 5) is 30.8. The highest BCUT2D eigenvalue weighted by Gasteiger charge is 2.22. The third kappa shape index (κ3) is 5.75. The second kappa shape index (κ2) is 10.2. The van der Waals surface area contributed by atoms with Crippen LogP contribution in [0.15, 0.2) is 85.2 Å². The van der Waals surface area contributed by atoms with Gasteiger partial charge in [-0.25, -0.2) is 0 Å². The Morgan fingerprint density at radius 2 is 1.55 bits per heavy atom. The van der Waals surface area contributed by atoms with Crippen LogP contribution in [0.5, 0.6) is 0 Å². The second-order valence-electron chi connectivity index (χ2n) is 6.85. The van der Waals surface area contributed by atoms with E-state index in [9.17, 15) is 9.59 Å². The summed E-state index contributed by atoms with van der Waals surface area (Å²) in [6.45, 7) is 2.83. The quantitative estimate of drug-likeness (QED) is 0.645. The van der Waals surface area contributed by atoms with Gasteiger partial charge in [0.15, 0.2) is 0 Å². The fourth-order valence-corrected chi connectivity index (χ4v) is 3.26. The fourth-order valence-electron chi connectivity index (χ4n) is 3.26. The van der Waals surface area contributed by atoms with Crippen molar-refractivity contribution in [2.24, 2.45) is 0 Å². The molecule has 0 aliphatic heterocycles. The first-order valence-corrected chi connectivity index (χ1v) is 9.67. The van der Waals surface area contributed by atoms with Crippen molar-refractivity contribution in [3.05, 3.63) is 102 Å². The zero-order chi connectivity index (χ0) is 20.5. The van der Waals surface area contributed by atoms with Crippen LogP contribution >= 0.6 is 0 Å². The predicted molar refractivity (Wildman–Crippen MR) is 113 cm³/mol. The minimum Gasteiger partial charge on any atom is -0.354 e. The van der Waals surface area contributed by atoms with Gasteiger partial charge in [0.25, 0.3) is 0 Å². The molecule has 2 amide bonds. The van der Waals surface area contributed by atoms with Crippen LogP contribution in [0.2, 0.25) is 0 Å². The molecule has 0 saturated carbocycles. The topological polar surface area (TPSA) is 62.3 Å². The molecular formula is C24H25N3O2. The molecule has 0 spiro atoms. The molecule has 0 unspecified atom stereocenters. The van der Waals surface area contributed by atoms with Crippen LogP contribution in [0.25, 0.3) is 0 Å². The van der Waals surface area contributed by atoms with E-state index in [2.05, 4.69) is 10.3 Å². The average Bonchev–Trinajstić information content (AvgIpc) is 2.75. The van der Waals surface area contributed by atoms with Crippen molar-refractivity contribution in [1.29, 1.82) is 0 Å². The van der Waals surface area contributed by atoms with Gasteiger partial charge >= 0.3 is 0 Å². The third-order valence-electron chi connectivity index (χ3n) is 4.75. The van der Waals surface area contributed by atoms with Crippen molar-refractivity contribution in [3.63, 3.8) is 0 Å². The molecule has 1 heterocycles. The van der Waals surface area contributed by atoms with Crippen LogP contribution in [0, 0.1) is 0 Å². The summed E-state index contributed by atoms with van der Waals surface area (Å²) in [5, 5.41) is 3.00. The van der Waals surface area contributed by atoms with Gasteiger partial charge in [-0.05, 0) is 22.8 Å². The van der Waals surface area contributed by atoms with E-state index in [1.165, 1.54) is 6.92 Å². The number of amides is 2. The smallest absolute Gasteiger partial charge is 0.232 e. The van der Waals surface area contributed by atoms with Crippen molar-refractivity contribution in [2.45, 2.75) is 19.4 Å². The van der Waals surface area contributed by atoms with Crippen molar-refractivity contribution in [2.75, 3.05) is 13.1 Å². The van der Waals surface area contributed by atoms with Gasteiger partial charge in [0, 0.05) is 39.0 Å². The van der Waals surface area contributed by atoms with Crippen molar-refractivity contribution >= 4 is 11.8 Å². The van der Waals surface area contributed by atoms with Gasteiger partial charge in [0.05, 0.1) is 5.92 Å². The van der Waals surface area contributed by atoms with Gasteiger partial charge in [-0.2, -0.15) is 0 Å². The summed E-state index contributed by atoms with van der Waals surface area (Å²) in [5.74, 6) is -0.500. The zero-order valence-electron chi connectivity index (χ0n) is 16.5. The lowest BCUT2D eigenvalue weighted by Gasteiger charge is -2.23. The number of aromatic nitrogens is 1. The van der Waals surface area contributed by atoms with E-state index in [-0.39, 0.29) is 17.7 Å². The first-order valence-electron chi connectivity index (χ1n) is 9.67. The van der Waals surface area contributed by atoms with E-state index >= 15 is 0 Å². The molecule has 2 aromatic carbocycles. The minimum atomic E-state index is -0.387. The molecule has 0 atom stereocenters. The van der Waals surface area contributed by atoms with Crippen molar-refractivity contribution in [1.82, 2.24) is 15.2 Å². The number of carbonyl (C=O) groups excluding carboxylic acids is 2. The molecular weight excluding hydrogens is 362 g/mol. The van der Waals surface area contributed by atoms with Crippen molar-refractivity contribution in [3.8, 4) is 0 Å². The minimum absolute atomic E-state index is 0.0363. The van der Waals surface area contributed by atoms with E-state index in [1.54, 1.807) is 17.3 Å². The Hall–Kier alpha value is -3.47. The fraction of sp³-hybridized carbons (Fsp3) is 0.208. The van der Waals surface area contributed by atoms with Gasteiger partial charge in [-0.1, -0.05) is 66.7 Å². The molecule has 0 radical (unpaired) electrons. The Bertz CT molecular complexity index is 875. The van der Waals surface area contributed by atoms with Crippen LogP contribution in [-0.4, -0.2) is 34.8 Å². The molecule has 5 nitrogen and oxygen atoms in total. The lowest BCUT2D eigenvalue weighted by atomic mass is 9.90. The number of pyridine rings is 1. The molecule has 29 heavy (non-hydrogen) atoms. The first-order chi connectivity index (χ1) is 14.1. The Morgan fingerprint density at radius 3 is 2.07 bits per heavy atom. The van der Waals surface area contributed by atoms with Gasteiger partial charge < -0.3 is 10.2 Å². The van der Waals surface area contributed by atoms with E-state index in [0.717, 1.165) is 16.7 Å². The standard InChI is InChI=1S/C24H25N3O2/c1-19(28)27(18-20-9-8-14-25-17-20)16-15-26-24(29)23(21-10-4-2-5-11-21)22-12-6-3-7-13-22/h2-14,17,23H,15-16,18H2,1H3,(H,26,29). The monoisotopic (exact) mass is 387 g/mol. The largest absolute Gasteiger partial charge is 0.354 e. The summed E-state index contributed by atoms with van der Waals surface area (Å²) in [7, 11) is 0. The Kier molecular flexibility index (Phi) is 7.11. The molecule has 0 aliphatic carbocycles. The molecule has 0 saturated heterocycles. The van der Waals surface area contributed by atoms with Crippen LogP contribution in [-0.2, 0) is 16.1 Å². The number of benzene rings is 2. The Morgan fingerprint density at radius 1 is 0.931 bits per heavy atom. The second-order valence-corrected chi connectivity index (χ2v) is 6.85. The average molecular weight is 387 g/mol. The van der Waals surface area contributed by atoms with Gasteiger partial charge in [0.2, 0.25) is 11.8 Å². The third-order valence-corrected chi connectivity index (χ3v) is 4.75. The molecule has 1 N–H and O–H groups in total. The summed E-state index contributed by atoms with van der Waals surface area (Å²) in [6, 6.07) is 23.2. The van der Waals surface area contributed by atoms with Crippen LogP contribution in [0.3, 0.4) is 0 Å². The molecule has 0 aliphatic rings. The van der Waals surface area contributed by atoms with Crippen molar-refractivity contribution < 1.29 is 9.59 Å². The van der Waals surface area contributed by atoms with Gasteiger partial charge in [0.1, 0.15) is 0 Å². The zero-order valence-corrected chi connectivity index (χ0v) is 16.5. The summed E-state index contributed by atoms with van der Waals surface area (Å²) in [6.07, 6.45) is 3.45. The number of hydrogen-bond acceptors (Lipinski definition) is 3. The number of nitrogens with one attached hydrogen (secondary N) is 1. The molecule has 1 aromatic heterocycles. The number of nitrogens with zero attached hydrogens (tertiary/aromatic N) is 2. The molecule has 148 valence electrons. The number of hydrogen-bond donors (Lipinski definition) is 1. The maximum atomic E-state index is 13.0. The molecule has 3 aromatic rings. The maximum absolute atomic E-state index is 13.0. The molecule has 0 fully saturated rings. The van der Waals surface area contributed by atoms with E-state index in [4.69, 9.17) is 0 Å². The van der Waals surface area contributed by atoms with Crippen LogP contribution < -0.4 is 5.32 Å². The summed E-state index contributed by atoms with van der Waals surface area (Å²) in [5.41, 5.74) is 2.84. The SMILES string of the molecule is CC(=O)N(CCNC(=O)C(c1ccccc1)c1ccccc1)Cc1cccnc1. The van der Waals surface area contributed by atoms with Crippen LogP contribution in [0.1, 0.15) is 29.5 Å². The van der Waals surface area contributed by atoms with Gasteiger partial charge in [-0.15, -0.1) is 0 Å². The highest BCUT2D eigenvalue weighted by atomic mass is 16.2. The van der Waals surface area contributed by atoms with Crippen LogP contribution in [0.4, 0.5) is 0 Å². The first kappa shape index (κ1) is 20.3. The van der Waals surface area contributed by atoms with E-state index in [1.807, 2.05) is 72.8 Å². The number of rotatable bonds is 8. The summed E-state index contributed by atoms with van der Waals surface area (Å²) >= 11 is 0. The Labute approximate surface area is 171 Å². The maximum Gasteiger partial charge on any atom is 0.232 e. The number of carbonyl (C=O) groups is 2. The molecule has 5 heteroatoms. The van der Waals surface area contributed by atoms with Gasteiger partial charge in [-0.3, -0.25) is 14.6 Å². The van der Waals surface area contributed by atoms with E-state index < -0.39 is 0 Å². The predicted octanol–water partition coefficient (Wildman–Crippen LogP) is 3.38. The lowest BCUT2D eigenvalue weighted by molar-refractivity contribution is -0.130. The lowest BCUT2D eigenvalue weighted by Crippen LogP contribution is -2.39. The normalized spacial score (nSPS) is 10.6. The Balaban J connectivity index is 1.66. The molecule has 0 bridgehead atoms. The molecule has 3 rings (SSSR count). The highest BCUT2D eigenvalue weighted by molar-refractivity contribution is 5.87. The summed E-state index contributed by atoms with van der Waals surface area (Å²) < 4.78 is 0. The van der Waals surface area contributed by atoms with E-state index in [0.29, 0.717) is 19.6 Å². The highest BCUT2D eigenvalue weighted by Crippen LogP contribution is 2.24.